The van der Waals surface area contributed by atoms with E-state index in [1.165, 1.54) is 17.8 Å². The fraction of sp³-hybridized carbons (Fsp3) is 0.533. The first kappa shape index (κ1) is 16.5. The van der Waals surface area contributed by atoms with Crippen LogP contribution in [-0.2, 0) is 9.59 Å². The van der Waals surface area contributed by atoms with E-state index in [2.05, 4.69) is 16.0 Å². The van der Waals surface area contributed by atoms with Crippen LogP contribution in [0.4, 0.5) is 0 Å². The molecule has 0 aliphatic heterocycles. The zero-order valence-corrected chi connectivity index (χ0v) is 13.2. The molecule has 3 N–H and O–H groups in total. The van der Waals surface area contributed by atoms with Gasteiger partial charge in [-0.25, -0.2) is 0 Å². The Morgan fingerprint density at radius 1 is 1.05 bits per heavy atom. The summed E-state index contributed by atoms with van der Waals surface area (Å²) in [5, 5.41) is 9.75. The summed E-state index contributed by atoms with van der Waals surface area (Å²) in [4.78, 5) is 35.5. The minimum Gasteiger partial charge on any atom is -0.352 e. The van der Waals surface area contributed by atoms with E-state index in [0.717, 1.165) is 25.7 Å². The average molecular weight is 323 g/mol. The van der Waals surface area contributed by atoms with Crippen LogP contribution in [0.2, 0.25) is 0 Å². The van der Waals surface area contributed by atoms with Gasteiger partial charge in [0.25, 0.3) is 5.91 Å². The Morgan fingerprint density at radius 2 is 1.77 bits per heavy atom. The van der Waals surface area contributed by atoms with Crippen LogP contribution < -0.4 is 16.0 Å². The lowest BCUT2D eigenvalue weighted by Crippen LogP contribution is -2.45. The highest BCUT2D eigenvalue weighted by Gasteiger charge is 2.16. The minimum atomic E-state index is -0.372. The van der Waals surface area contributed by atoms with Gasteiger partial charge in [0.05, 0.1) is 18.0 Å². The lowest BCUT2D eigenvalue weighted by atomic mass is 9.95. The molecule has 2 rings (SSSR count). The number of carbonyl (C=O) groups is 3. The summed E-state index contributed by atoms with van der Waals surface area (Å²) in [5.41, 5.74) is 0. The predicted octanol–water partition coefficient (Wildman–Crippen LogP) is 1.04. The Balaban J connectivity index is 1.60. The van der Waals surface area contributed by atoms with Crippen molar-refractivity contribution in [3.05, 3.63) is 22.4 Å². The Morgan fingerprint density at radius 3 is 2.45 bits per heavy atom. The molecule has 7 heteroatoms. The molecule has 1 saturated carbocycles. The van der Waals surface area contributed by atoms with Gasteiger partial charge in [-0.1, -0.05) is 25.3 Å². The second-order valence-corrected chi connectivity index (χ2v) is 6.29. The van der Waals surface area contributed by atoms with E-state index in [9.17, 15) is 14.4 Å². The summed E-state index contributed by atoms with van der Waals surface area (Å²) >= 11 is 1.31. The molecule has 1 aliphatic carbocycles. The third kappa shape index (κ3) is 5.48. The summed E-state index contributed by atoms with van der Waals surface area (Å²) in [5.74, 6) is -0.828. The van der Waals surface area contributed by atoms with Gasteiger partial charge in [0.15, 0.2) is 0 Å². The van der Waals surface area contributed by atoms with E-state index in [1.54, 1.807) is 17.5 Å². The van der Waals surface area contributed by atoms with E-state index >= 15 is 0 Å². The first-order chi connectivity index (χ1) is 10.6. The molecule has 0 spiro atoms. The van der Waals surface area contributed by atoms with Gasteiger partial charge >= 0.3 is 0 Å². The van der Waals surface area contributed by atoms with Crippen LogP contribution in [0.1, 0.15) is 41.8 Å². The number of hydrogen-bond acceptors (Lipinski definition) is 4. The van der Waals surface area contributed by atoms with Crippen molar-refractivity contribution in [2.24, 2.45) is 0 Å². The largest absolute Gasteiger partial charge is 0.352 e. The number of carbonyl (C=O) groups excluding carboxylic acids is 3. The standard InChI is InChI=1S/C15H21N3O3S/c19-13(9-17-15(21)12-7-4-8-22-12)16-10-14(20)18-11-5-2-1-3-6-11/h4,7-8,11H,1-3,5-6,9-10H2,(H,16,19)(H,17,21)(H,18,20). The fourth-order valence-corrected chi connectivity index (χ4v) is 3.06. The highest BCUT2D eigenvalue weighted by atomic mass is 32.1. The lowest BCUT2D eigenvalue weighted by molar-refractivity contribution is -0.126. The molecule has 1 heterocycles. The van der Waals surface area contributed by atoms with Crippen LogP contribution in [0, 0.1) is 0 Å². The van der Waals surface area contributed by atoms with Crippen molar-refractivity contribution in [3.63, 3.8) is 0 Å². The topological polar surface area (TPSA) is 87.3 Å². The quantitative estimate of drug-likeness (QED) is 0.731. The number of rotatable bonds is 6. The zero-order valence-electron chi connectivity index (χ0n) is 12.4. The summed E-state index contributed by atoms with van der Waals surface area (Å²) in [6, 6.07) is 3.70. The van der Waals surface area contributed by atoms with Crippen molar-refractivity contribution < 1.29 is 14.4 Å². The molecule has 0 aromatic carbocycles. The van der Waals surface area contributed by atoms with Crippen LogP contribution in [-0.4, -0.2) is 36.9 Å². The van der Waals surface area contributed by atoms with E-state index in [-0.39, 0.29) is 36.9 Å². The first-order valence-electron chi connectivity index (χ1n) is 7.53. The predicted molar refractivity (Wildman–Crippen MR) is 84.7 cm³/mol. The molecule has 3 amide bonds. The molecule has 22 heavy (non-hydrogen) atoms. The van der Waals surface area contributed by atoms with Crippen molar-refractivity contribution in [2.45, 2.75) is 38.1 Å². The van der Waals surface area contributed by atoms with Gasteiger partial charge in [-0.2, -0.15) is 0 Å². The van der Waals surface area contributed by atoms with Gasteiger partial charge in [-0.15, -0.1) is 11.3 Å². The second-order valence-electron chi connectivity index (χ2n) is 5.34. The summed E-state index contributed by atoms with van der Waals surface area (Å²) in [6.45, 7) is -0.183. The molecule has 1 aromatic heterocycles. The van der Waals surface area contributed by atoms with Gasteiger partial charge in [0, 0.05) is 6.04 Å². The molecule has 0 bridgehead atoms. The monoisotopic (exact) mass is 323 g/mol. The SMILES string of the molecule is O=C(CNC(=O)c1cccs1)NCC(=O)NC1CCCCC1. The molecule has 1 aromatic rings. The average Bonchev–Trinajstić information content (AvgIpc) is 3.06. The third-order valence-corrected chi connectivity index (χ3v) is 4.44. The van der Waals surface area contributed by atoms with Crippen molar-refractivity contribution in [2.75, 3.05) is 13.1 Å². The van der Waals surface area contributed by atoms with Crippen LogP contribution in [0.3, 0.4) is 0 Å². The number of amides is 3. The van der Waals surface area contributed by atoms with Gasteiger partial charge in [-0.05, 0) is 24.3 Å². The van der Waals surface area contributed by atoms with Crippen molar-refractivity contribution in [1.82, 2.24) is 16.0 Å². The van der Waals surface area contributed by atoms with Crippen molar-refractivity contribution >= 4 is 29.1 Å². The fourth-order valence-electron chi connectivity index (χ4n) is 2.42. The van der Waals surface area contributed by atoms with Gasteiger partial charge in [0.2, 0.25) is 11.8 Å². The maximum Gasteiger partial charge on any atom is 0.261 e. The van der Waals surface area contributed by atoms with E-state index < -0.39 is 0 Å². The molecule has 0 radical (unpaired) electrons. The highest BCUT2D eigenvalue weighted by molar-refractivity contribution is 7.12. The van der Waals surface area contributed by atoms with Gasteiger partial charge in [-0.3, -0.25) is 14.4 Å². The molecular formula is C15H21N3O3S. The minimum absolute atomic E-state index is 0.0514. The normalized spacial score (nSPS) is 15.1. The highest BCUT2D eigenvalue weighted by Crippen LogP contribution is 2.17. The van der Waals surface area contributed by atoms with Crippen molar-refractivity contribution in [3.8, 4) is 0 Å². The van der Waals surface area contributed by atoms with Crippen LogP contribution in [0.15, 0.2) is 17.5 Å². The molecule has 120 valence electrons. The van der Waals surface area contributed by atoms with E-state index in [0.29, 0.717) is 4.88 Å². The van der Waals surface area contributed by atoms with Crippen LogP contribution in [0.25, 0.3) is 0 Å². The molecule has 0 saturated heterocycles. The van der Waals surface area contributed by atoms with Crippen LogP contribution >= 0.6 is 11.3 Å². The summed E-state index contributed by atoms with van der Waals surface area (Å²) < 4.78 is 0. The molecule has 0 unspecified atom stereocenters. The molecule has 0 atom stereocenters. The lowest BCUT2D eigenvalue weighted by Gasteiger charge is -2.22. The number of thiophene rings is 1. The zero-order chi connectivity index (χ0) is 15.8. The smallest absolute Gasteiger partial charge is 0.261 e. The van der Waals surface area contributed by atoms with Gasteiger partial charge < -0.3 is 16.0 Å². The molecule has 1 fully saturated rings. The van der Waals surface area contributed by atoms with E-state index in [1.807, 2.05) is 0 Å². The summed E-state index contributed by atoms with van der Waals surface area (Å²) in [7, 11) is 0. The maximum atomic E-state index is 11.7. The molecule has 6 nitrogen and oxygen atoms in total. The second kappa shape index (κ2) is 8.53. The Hall–Kier alpha value is -1.89. The van der Waals surface area contributed by atoms with Crippen LogP contribution in [0.5, 0.6) is 0 Å². The van der Waals surface area contributed by atoms with Gasteiger partial charge in [0.1, 0.15) is 0 Å². The Kier molecular flexibility index (Phi) is 6.39. The summed E-state index contributed by atoms with van der Waals surface area (Å²) in [6.07, 6.45) is 5.54. The number of nitrogens with one attached hydrogen (secondary N) is 3. The van der Waals surface area contributed by atoms with Crippen molar-refractivity contribution in [1.29, 1.82) is 0 Å². The number of hydrogen-bond donors (Lipinski definition) is 3. The molecule has 1 aliphatic rings. The first-order valence-corrected chi connectivity index (χ1v) is 8.41. The maximum absolute atomic E-state index is 11.7. The van der Waals surface area contributed by atoms with E-state index in [4.69, 9.17) is 0 Å². The Bertz CT molecular complexity index is 510. The molecular weight excluding hydrogens is 302 g/mol. The third-order valence-electron chi connectivity index (χ3n) is 3.57. The Labute approximate surface area is 133 Å².